The molecule has 0 aliphatic carbocycles. The number of hydrogen-bond acceptors (Lipinski definition) is 5. The molecule has 0 atom stereocenters. The minimum Gasteiger partial charge on any atom is -0.222 e. The first kappa shape index (κ1) is 10.2. The molecule has 0 saturated carbocycles. The van der Waals surface area contributed by atoms with Gasteiger partial charge in [-0.25, -0.2) is 23.1 Å². The smallest absolute Gasteiger partial charge is 0.222 e. The molecule has 0 radical (unpaired) electrons. The fraction of sp³-hybridized carbons (Fsp3) is 0. The van der Waals surface area contributed by atoms with Crippen LogP contribution in [-0.2, 0) is 0 Å². The van der Waals surface area contributed by atoms with E-state index in [-0.39, 0.29) is 0 Å². The molecule has 1 aromatic rings. The van der Waals surface area contributed by atoms with Crippen molar-refractivity contribution in [2.75, 3.05) is 0 Å². The highest BCUT2D eigenvalue weighted by Gasteiger charge is 1.84. The number of nitrogens with zero attached hydrogens (tertiary/aromatic N) is 1. The second-order valence-corrected chi connectivity index (χ2v) is 2.00. The van der Waals surface area contributed by atoms with E-state index in [1.165, 1.54) is 6.39 Å². The molecular formula is C4H4ClNO5. The molecule has 0 amide bonds. The van der Waals surface area contributed by atoms with Crippen molar-refractivity contribution in [3.8, 4) is 0 Å². The molecule has 0 saturated heterocycles. The van der Waals surface area contributed by atoms with Crippen LogP contribution in [0, 0.1) is 10.2 Å². The summed E-state index contributed by atoms with van der Waals surface area (Å²) in [5, 5.41) is 0. The van der Waals surface area contributed by atoms with E-state index in [1.54, 1.807) is 18.5 Å². The molecule has 0 aromatic carbocycles. The quantitative estimate of drug-likeness (QED) is 0.379. The molecular weight excluding hydrogens is 177 g/mol. The summed E-state index contributed by atoms with van der Waals surface area (Å²) in [7, 11) is -4.94. The number of aromatic nitrogens is 1. The highest BCUT2D eigenvalue weighted by atomic mass is 35.7. The van der Waals surface area contributed by atoms with Gasteiger partial charge in [0.05, 0.1) is 6.07 Å². The molecule has 11 heavy (non-hydrogen) atoms. The van der Waals surface area contributed by atoms with Crippen LogP contribution in [0.5, 0.6) is 0 Å². The molecule has 6 nitrogen and oxygen atoms in total. The van der Waals surface area contributed by atoms with Gasteiger partial charge in [0, 0.05) is 6.20 Å². The zero-order chi connectivity index (χ0) is 8.74. The normalized spacial score (nSPS) is 9.82. The molecule has 0 fully saturated rings. The second kappa shape index (κ2) is 4.94. The summed E-state index contributed by atoms with van der Waals surface area (Å²) in [6.07, 6.45) is 4.59. The van der Waals surface area contributed by atoms with Crippen LogP contribution in [-0.4, -0.2) is 4.98 Å². The highest BCUT2D eigenvalue weighted by Crippen LogP contribution is 1.73. The Hall–Kier alpha value is -0.790. The van der Waals surface area contributed by atoms with Crippen LogP contribution >= 0.6 is 0 Å². The molecule has 1 aromatic heterocycles. The zero-order valence-electron chi connectivity index (χ0n) is 5.18. The van der Waals surface area contributed by atoms with Crippen LogP contribution in [0.3, 0.4) is 0 Å². The van der Waals surface area contributed by atoms with Crippen LogP contribution in [0.4, 0.5) is 0 Å². The van der Waals surface area contributed by atoms with Gasteiger partial charge >= 0.3 is 12.7 Å². The van der Waals surface area contributed by atoms with Crippen LogP contribution in [0.2, 0.25) is 0 Å². The van der Waals surface area contributed by atoms with Crippen molar-refractivity contribution in [3.05, 3.63) is 24.9 Å². The van der Waals surface area contributed by atoms with Gasteiger partial charge in [0.25, 0.3) is 0 Å². The van der Waals surface area contributed by atoms with Gasteiger partial charge in [-0.2, -0.15) is 4.98 Å². The third-order valence-electron chi connectivity index (χ3n) is 0.451. The van der Waals surface area contributed by atoms with Crippen LogP contribution in [0.25, 0.3) is 0 Å². The Morgan fingerprint density at radius 3 is 1.82 bits per heavy atom. The minimum atomic E-state index is -4.94. The summed E-state index contributed by atoms with van der Waals surface area (Å²) < 4.78 is 38.5. The van der Waals surface area contributed by atoms with E-state index in [0.717, 1.165) is 0 Å². The molecule has 0 unspecified atom stereocenters. The van der Waals surface area contributed by atoms with Crippen molar-refractivity contribution in [2.45, 2.75) is 0 Å². The van der Waals surface area contributed by atoms with Gasteiger partial charge in [0.1, 0.15) is 0 Å². The SMILES string of the molecule is [O-][Cl+3]([O-])([O-])[O-].c1cnc[o+]c1. The van der Waals surface area contributed by atoms with Crippen LogP contribution in [0.1, 0.15) is 0 Å². The van der Waals surface area contributed by atoms with Gasteiger partial charge < -0.3 is 0 Å². The maximum Gasteiger partial charge on any atom is 0.415 e. The third kappa shape index (κ3) is 17.6. The summed E-state index contributed by atoms with van der Waals surface area (Å²) in [6, 6.07) is 1.72. The van der Waals surface area contributed by atoms with Gasteiger partial charge in [0.15, 0.2) is 0 Å². The molecule has 0 spiro atoms. The predicted molar refractivity (Wildman–Crippen MR) is 20.9 cm³/mol. The molecule has 0 N–H and O–H groups in total. The second-order valence-electron chi connectivity index (χ2n) is 1.25. The average Bonchev–Trinajstić information content (AvgIpc) is 1.88. The maximum atomic E-state index is 8.49. The van der Waals surface area contributed by atoms with Crippen molar-refractivity contribution in [1.29, 1.82) is 0 Å². The van der Waals surface area contributed by atoms with Crippen molar-refractivity contribution >= 4 is 0 Å². The number of halogens is 1. The van der Waals surface area contributed by atoms with Crippen molar-refractivity contribution in [1.82, 2.24) is 4.98 Å². The molecule has 7 heteroatoms. The standard InChI is InChI=1S/C4H4NO.ClHO4/c1-2-5-4-6-3-1;2-1(3,4)5/h1-4H;(H,2,3,4,5)/q+1;/p-1. The fourth-order valence-corrected chi connectivity index (χ4v) is 0.236. The monoisotopic (exact) mass is 181 g/mol. The molecule has 0 bridgehead atoms. The van der Waals surface area contributed by atoms with E-state index in [9.17, 15) is 0 Å². The lowest BCUT2D eigenvalue weighted by Gasteiger charge is -2.17. The molecule has 62 valence electrons. The maximum absolute atomic E-state index is 8.49. The Bertz CT molecular complexity index is 143. The summed E-state index contributed by atoms with van der Waals surface area (Å²) >= 11 is 0. The average molecular weight is 182 g/mol. The predicted octanol–water partition coefficient (Wildman–Crippen LogP) is -3.80. The summed E-state index contributed by atoms with van der Waals surface area (Å²) in [5.41, 5.74) is 0. The first-order valence-electron chi connectivity index (χ1n) is 2.27. The Morgan fingerprint density at radius 2 is 1.73 bits per heavy atom. The highest BCUT2D eigenvalue weighted by molar-refractivity contribution is 4.69. The first-order chi connectivity index (χ1) is 5.00. The van der Waals surface area contributed by atoms with Crippen molar-refractivity contribution in [2.24, 2.45) is 0 Å². The molecule has 0 aliphatic heterocycles. The minimum absolute atomic E-state index is 1.38. The summed E-state index contributed by atoms with van der Waals surface area (Å²) in [6.45, 7) is 0. The van der Waals surface area contributed by atoms with E-state index < -0.39 is 10.2 Å². The van der Waals surface area contributed by atoms with Crippen molar-refractivity contribution < 1.29 is 33.3 Å². The molecule has 1 heterocycles. The van der Waals surface area contributed by atoms with E-state index in [0.29, 0.717) is 0 Å². The fourth-order valence-electron chi connectivity index (χ4n) is 0.236. The van der Waals surface area contributed by atoms with Crippen LogP contribution in [0.15, 0.2) is 29.3 Å². The molecule has 1 rings (SSSR count). The lowest BCUT2D eigenvalue weighted by Crippen LogP contribution is -2.68. The third-order valence-corrected chi connectivity index (χ3v) is 0.451. The lowest BCUT2D eigenvalue weighted by atomic mass is 10.7. The summed E-state index contributed by atoms with van der Waals surface area (Å²) in [5.74, 6) is 0. The van der Waals surface area contributed by atoms with E-state index >= 15 is 0 Å². The van der Waals surface area contributed by atoms with Gasteiger partial charge in [-0.1, -0.05) is 0 Å². The topological polar surface area (TPSA) is 116 Å². The zero-order valence-corrected chi connectivity index (χ0v) is 5.93. The Labute approximate surface area is 64.1 Å². The largest absolute Gasteiger partial charge is 0.415 e. The Balaban J connectivity index is 0.000000187. The van der Waals surface area contributed by atoms with E-state index in [2.05, 4.69) is 9.40 Å². The Kier molecular flexibility index (Phi) is 4.59. The van der Waals surface area contributed by atoms with Gasteiger partial charge in [-0.15, -0.1) is 10.2 Å². The lowest BCUT2D eigenvalue weighted by molar-refractivity contribution is -2.00. The van der Waals surface area contributed by atoms with Crippen LogP contribution < -0.4 is 18.6 Å². The van der Waals surface area contributed by atoms with Gasteiger partial charge in [-0.05, 0) is 0 Å². The van der Waals surface area contributed by atoms with Crippen molar-refractivity contribution in [3.63, 3.8) is 0 Å². The first-order valence-corrected chi connectivity index (χ1v) is 3.51. The summed E-state index contributed by atoms with van der Waals surface area (Å²) in [4.78, 5) is 3.62. The van der Waals surface area contributed by atoms with E-state index in [1.807, 2.05) is 0 Å². The van der Waals surface area contributed by atoms with Gasteiger partial charge in [0.2, 0.25) is 0 Å². The van der Waals surface area contributed by atoms with Gasteiger partial charge in [-0.3, -0.25) is 0 Å². The van der Waals surface area contributed by atoms with E-state index in [4.69, 9.17) is 18.6 Å². The number of rotatable bonds is 0. The molecule has 0 aliphatic rings. The Morgan fingerprint density at radius 1 is 1.18 bits per heavy atom. The number of hydrogen-bond donors (Lipinski definition) is 0.